The summed E-state index contributed by atoms with van der Waals surface area (Å²) in [6, 6.07) is 21.3. The topological polar surface area (TPSA) is 126 Å². The van der Waals surface area contributed by atoms with Crippen LogP contribution < -0.4 is 14.3 Å². The van der Waals surface area contributed by atoms with Gasteiger partial charge < -0.3 is 5.32 Å². The number of pyridine rings is 1. The molecule has 3 aromatic carbocycles. The van der Waals surface area contributed by atoms with Crippen molar-refractivity contribution in [3.63, 3.8) is 0 Å². The summed E-state index contributed by atoms with van der Waals surface area (Å²) in [6.45, 7) is -0.0899. The van der Waals surface area contributed by atoms with Crippen LogP contribution in [0.4, 0.5) is 17.2 Å². The molecule has 0 aliphatic rings. The van der Waals surface area contributed by atoms with Crippen molar-refractivity contribution in [1.82, 2.24) is 4.98 Å². The molecule has 39 heavy (non-hydrogen) atoms. The number of carbonyl (C=O) groups is 1. The van der Waals surface area contributed by atoms with Gasteiger partial charge in [0.1, 0.15) is 5.82 Å². The number of amides is 1. The molecule has 0 atom stereocenters. The summed E-state index contributed by atoms with van der Waals surface area (Å²) >= 11 is 12.5. The molecule has 1 heterocycles. The maximum atomic E-state index is 12.8. The molecule has 0 saturated heterocycles. The quantitative estimate of drug-likeness (QED) is 0.263. The van der Waals surface area contributed by atoms with E-state index in [1.54, 1.807) is 30.3 Å². The molecule has 0 saturated carbocycles. The molecule has 0 radical (unpaired) electrons. The number of rotatable bonds is 9. The number of sulfonamides is 2. The molecular weight excluding hydrogens is 583 g/mol. The van der Waals surface area contributed by atoms with Gasteiger partial charge in [0.2, 0.25) is 10.0 Å². The number of anilines is 3. The van der Waals surface area contributed by atoms with E-state index in [2.05, 4.69) is 15.0 Å². The number of nitrogens with one attached hydrogen (secondary N) is 2. The SMILES string of the molecule is CS(=O)(=O)N(Cc1c(Cl)cccc1Cl)c1ccc(C(=O)Nc2ccc(S(=O)(=O)Nc3ccccn3)cc2)cc1. The molecule has 4 rings (SSSR count). The third-order valence-electron chi connectivity index (χ3n) is 5.51. The van der Waals surface area contributed by atoms with E-state index in [-0.39, 0.29) is 22.8 Å². The van der Waals surface area contributed by atoms with Gasteiger partial charge in [0.25, 0.3) is 15.9 Å². The highest BCUT2D eigenvalue weighted by molar-refractivity contribution is 7.92. The lowest BCUT2D eigenvalue weighted by Gasteiger charge is -2.23. The molecule has 0 spiro atoms. The highest BCUT2D eigenvalue weighted by atomic mass is 35.5. The monoisotopic (exact) mass is 604 g/mol. The van der Waals surface area contributed by atoms with Crippen molar-refractivity contribution >= 4 is 66.3 Å². The van der Waals surface area contributed by atoms with E-state index in [4.69, 9.17) is 23.2 Å². The fourth-order valence-corrected chi connectivity index (χ4v) is 5.94. The second-order valence-electron chi connectivity index (χ2n) is 8.32. The third-order valence-corrected chi connectivity index (χ3v) is 8.73. The van der Waals surface area contributed by atoms with Crippen LogP contribution in [0.5, 0.6) is 0 Å². The summed E-state index contributed by atoms with van der Waals surface area (Å²) in [5, 5.41) is 3.35. The van der Waals surface area contributed by atoms with Crippen LogP contribution in [0.2, 0.25) is 10.0 Å². The summed E-state index contributed by atoms with van der Waals surface area (Å²) < 4.78 is 53.7. The Labute approximate surface area is 236 Å². The number of carbonyl (C=O) groups excluding carboxylic acids is 1. The molecular formula is C26H22Cl2N4O5S2. The predicted octanol–water partition coefficient (Wildman–Crippen LogP) is 5.41. The molecule has 9 nitrogen and oxygen atoms in total. The Balaban J connectivity index is 1.47. The number of halogens is 2. The van der Waals surface area contributed by atoms with Crippen molar-refractivity contribution in [2.75, 3.05) is 20.6 Å². The van der Waals surface area contributed by atoms with Crippen molar-refractivity contribution in [3.8, 4) is 0 Å². The number of hydrogen-bond acceptors (Lipinski definition) is 6. The molecule has 202 valence electrons. The average molecular weight is 606 g/mol. The van der Waals surface area contributed by atoms with Gasteiger partial charge in [-0.1, -0.05) is 35.3 Å². The first-order valence-electron chi connectivity index (χ1n) is 11.3. The standard InChI is InChI=1S/C26H22Cl2N4O5S2/c1-38(34,35)32(17-22-23(27)5-4-6-24(22)28)20-12-8-18(9-13-20)26(33)30-19-10-14-21(15-11-19)39(36,37)31-25-7-2-3-16-29-25/h2-16H,17H2,1H3,(H,29,31)(H,30,33). The summed E-state index contributed by atoms with van der Waals surface area (Å²) in [6.07, 6.45) is 2.53. The van der Waals surface area contributed by atoms with Gasteiger partial charge in [-0.15, -0.1) is 0 Å². The second kappa shape index (κ2) is 11.6. The summed E-state index contributed by atoms with van der Waals surface area (Å²) in [4.78, 5) is 16.7. The van der Waals surface area contributed by atoms with Gasteiger partial charge in [0.05, 0.1) is 23.4 Å². The fraction of sp³-hybridized carbons (Fsp3) is 0.0769. The largest absolute Gasteiger partial charge is 0.322 e. The van der Waals surface area contributed by atoms with Crippen LogP contribution in [0.15, 0.2) is 96.0 Å². The Morgan fingerprint density at radius 2 is 1.49 bits per heavy atom. The van der Waals surface area contributed by atoms with Crippen molar-refractivity contribution in [2.45, 2.75) is 11.4 Å². The molecule has 0 bridgehead atoms. The molecule has 0 unspecified atom stereocenters. The number of hydrogen-bond donors (Lipinski definition) is 2. The summed E-state index contributed by atoms with van der Waals surface area (Å²) in [5.41, 5.74) is 1.40. The van der Waals surface area contributed by atoms with Gasteiger partial charge in [0, 0.05) is 33.1 Å². The van der Waals surface area contributed by atoms with Gasteiger partial charge in [-0.05, 0) is 72.8 Å². The van der Waals surface area contributed by atoms with E-state index in [0.717, 1.165) is 10.6 Å². The highest BCUT2D eigenvalue weighted by Gasteiger charge is 2.21. The van der Waals surface area contributed by atoms with Crippen LogP contribution in [0.3, 0.4) is 0 Å². The minimum Gasteiger partial charge on any atom is -0.322 e. The zero-order chi connectivity index (χ0) is 28.2. The molecule has 0 aliphatic heterocycles. The molecule has 1 aromatic heterocycles. The molecule has 0 aliphatic carbocycles. The summed E-state index contributed by atoms with van der Waals surface area (Å²) in [7, 11) is -7.57. The first-order chi connectivity index (χ1) is 18.4. The van der Waals surface area contributed by atoms with Crippen LogP contribution in [0.1, 0.15) is 15.9 Å². The Bertz CT molecular complexity index is 1680. The van der Waals surface area contributed by atoms with Crippen LogP contribution in [0.25, 0.3) is 0 Å². The van der Waals surface area contributed by atoms with Gasteiger partial charge in [-0.3, -0.25) is 13.8 Å². The number of aromatic nitrogens is 1. The molecule has 2 N–H and O–H groups in total. The molecule has 13 heteroatoms. The van der Waals surface area contributed by atoms with E-state index in [9.17, 15) is 21.6 Å². The van der Waals surface area contributed by atoms with Crippen LogP contribution >= 0.6 is 23.2 Å². The van der Waals surface area contributed by atoms with Crippen LogP contribution in [-0.2, 0) is 26.6 Å². The highest BCUT2D eigenvalue weighted by Crippen LogP contribution is 2.29. The normalized spacial score (nSPS) is 11.6. The van der Waals surface area contributed by atoms with Gasteiger partial charge in [-0.25, -0.2) is 21.8 Å². The smallest absolute Gasteiger partial charge is 0.263 e. The molecule has 1 amide bonds. The molecule has 0 fully saturated rings. The van der Waals surface area contributed by atoms with Gasteiger partial charge in [-0.2, -0.15) is 0 Å². The first kappa shape index (κ1) is 28.4. The zero-order valence-corrected chi connectivity index (χ0v) is 23.5. The third kappa shape index (κ3) is 7.07. The lowest BCUT2D eigenvalue weighted by atomic mass is 10.1. The zero-order valence-electron chi connectivity index (χ0n) is 20.4. The minimum absolute atomic E-state index is 0.00464. The maximum Gasteiger partial charge on any atom is 0.263 e. The van der Waals surface area contributed by atoms with E-state index in [1.165, 1.54) is 60.8 Å². The lowest BCUT2D eigenvalue weighted by Crippen LogP contribution is -2.29. The van der Waals surface area contributed by atoms with Gasteiger partial charge >= 0.3 is 0 Å². The van der Waals surface area contributed by atoms with Gasteiger partial charge in [0.15, 0.2) is 0 Å². The van der Waals surface area contributed by atoms with Crippen LogP contribution in [0, 0.1) is 0 Å². The molecule has 4 aromatic rings. The van der Waals surface area contributed by atoms with E-state index >= 15 is 0 Å². The summed E-state index contributed by atoms with van der Waals surface area (Å²) in [5.74, 6) is -0.286. The van der Waals surface area contributed by atoms with Crippen LogP contribution in [-0.4, -0.2) is 34.0 Å². The van der Waals surface area contributed by atoms with E-state index in [1.807, 2.05) is 0 Å². The van der Waals surface area contributed by atoms with Crippen molar-refractivity contribution in [2.24, 2.45) is 0 Å². The van der Waals surface area contributed by atoms with E-state index < -0.39 is 26.0 Å². The van der Waals surface area contributed by atoms with Crippen molar-refractivity contribution < 1.29 is 21.6 Å². The first-order valence-corrected chi connectivity index (χ1v) is 15.4. The predicted molar refractivity (Wildman–Crippen MR) is 153 cm³/mol. The number of benzene rings is 3. The van der Waals surface area contributed by atoms with E-state index in [0.29, 0.717) is 27.0 Å². The number of nitrogens with zero attached hydrogens (tertiary/aromatic N) is 2. The van der Waals surface area contributed by atoms with Crippen molar-refractivity contribution in [3.05, 3.63) is 112 Å². The second-order valence-corrected chi connectivity index (χ2v) is 12.7. The maximum absolute atomic E-state index is 12.8. The Hall–Kier alpha value is -3.64. The minimum atomic E-state index is -3.86. The Kier molecular flexibility index (Phi) is 8.45. The van der Waals surface area contributed by atoms with Crippen molar-refractivity contribution in [1.29, 1.82) is 0 Å². The fourth-order valence-electron chi connectivity index (χ4n) is 3.55. The Morgan fingerprint density at radius 1 is 0.846 bits per heavy atom. The Morgan fingerprint density at radius 3 is 2.05 bits per heavy atom. The average Bonchev–Trinajstić information content (AvgIpc) is 2.88. The lowest BCUT2D eigenvalue weighted by molar-refractivity contribution is 0.102.